The standard InChI is InChI=1S/C11H11ClN4/c1-8(6-13)11-14-7-15-16(11)10-5-3-2-4-9(10)12/h2-8,13H,1H3. The molecule has 0 saturated carbocycles. The van der Waals surface area contributed by atoms with Gasteiger partial charge in [-0.15, -0.1) is 0 Å². The van der Waals surface area contributed by atoms with Crippen LogP contribution in [0.2, 0.25) is 5.02 Å². The maximum atomic E-state index is 7.26. The van der Waals surface area contributed by atoms with E-state index in [-0.39, 0.29) is 5.92 Å². The fourth-order valence-corrected chi connectivity index (χ4v) is 1.66. The van der Waals surface area contributed by atoms with Crippen molar-refractivity contribution in [2.24, 2.45) is 0 Å². The van der Waals surface area contributed by atoms with E-state index in [9.17, 15) is 0 Å². The monoisotopic (exact) mass is 234 g/mol. The number of nitrogens with zero attached hydrogens (tertiary/aromatic N) is 3. The number of benzene rings is 1. The molecule has 1 N–H and O–H groups in total. The molecule has 0 aliphatic heterocycles. The molecule has 1 atom stereocenters. The Morgan fingerprint density at radius 2 is 2.19 bits per heavy atom. The molecule has 1 aromatic heterocycles. The second kappa shape index (κ2) is 4.45. The van der Waals surface area contributed by atoms with Crippen LogP contribution in [0, 0.1) is 5.41 Å². The average Bonchev–Trinajstić information content (AvgIpc) is 2.77. The fraction of sp³-hybridized carbons (Fsp3) is 0.182. The summed E-state index contributed by atoms with van der Waals surface area (Å²) in [5, 5.41) is 12.0. The molecular weight excluding hydrogens is 224 g/mol. The number of rotatable bonds is 3. The van der Waals surface area contributed by atoms with Crippen molar-refractivity contribution >= 4 is 17.8 Å². The van der Waals surface area contributed by atoms with E-state index in [0.29, 0.717) is 10.8 Å². The Bertz CT molecular complexity index is 506. The molecule has 0 bridgehead atoms. The zero-order chi connectivity index (χ0) is 11.5. The van der Waals surface area contributed by atoms with E-state index in [2.05, 4.69) is 10.1 Å². The highest BCUT2D eigenvalue weighted by Gasteiger charge is 2.13. The Hall–Kier alpha value is -1.68. The Labute approximate surface area is 98.4 Å². The summed E-state index contributed by atoms with van der Waals surface area (Å²) in [6.07, 6.45) is 2.80. The van der Waals surface area contributed by atoms with Crippen LogP contribution in [-0.2, 0) is 0 Å². The summed E-state index contributed by atoms with van der Waals surface area (Å²) in [5.74, 6) is 0.627. The number of hydrogen-bond donors (Lipinski definition) is 1. The number of para-hydroxylation sites is 1. The first kappa shape index (κ1) is 10.8. The van der Waals surface area contributed by atoms with Gasteiger partial charge in [0.25, 0.3) is 0 Å². The Morgan fingerprint density at radius 1 is 1.44 bits per heavy atom. The van der Waals surface area contributed by atoms with Gasteiger partial charge in [0, 0.05) is 6.21 Å². The van der Waals surface area contributed by atoms with Crippen LogP contribution >= 0.6 is 11.6 Å². The molecule has 5 heteroatoms. The molecule has 0 aliphatic rings. The summed E-state index contributed by atoms with van der Waals surface area (Å²) in [4.78, 5) is 4.15. The SMILES string of the molecule is CC(C=N)c1ncnn1-c1ccccc1Cl. The summed E-state index contributed by atoms with van der Waals surface area (Å²) < 4.78 is 1.66. The highest BCUT2D eigenvalue weighted by Crippen LogP contribution is 2.22. The first-order valence-electron chi connectivity index (χ1n) is 4.89. The van der Waals surface area contributed by atoms with Gasteiger partial charge in [-0.1, -0.05) is 30.7 Å². The quantitative estimate of drug-likeness (QED) is 0.831. The molecule has 1 unspecified atom stereocenters. The lowest BCUT2D eigenvalue weighted by Gasteiger charge is -2.09. The molecule has 4 nitrogen and oxygen atoms in total. The normalized spacial score (nSPS) is 12.4. The van der Waals surface area contributed by atoms with Crippen molar-refractivity contribution < 1.29 is 0 Å². The van der Waals surface area contributed by atoms with Gasteiger partial charge in [0.15, 0.2) is 0 Å². The first-order valence-corrected chi connectivity index (χ1v) is 5.27. The van der Waals surface area contributed by atoms with E-state index in [4.69, 9.17) is 17.0 Å². The minimum Gasteiger partial charge on any atom is -0.312 e. The van der Waals surface area contributed by atoms with E-state index < -0.39 is 0 Å². The minimum absolute atomic E-state index is 0.0845. The van der Waals surface area contributed by atoms with Gasteiger partial charge in [0.05, 0.1) is 16.6 Å². The summed E-state index contributed by atoms with van der Waals surface area (Å²) in [6.45, 7) is 1.89. The molecule has 0 aliphatic carbocycles. The zero-order valence-electron chi connectivity index (χ0n) is 8.76. The molecule has 0 saturated heterocycles. The molecule has 1 heterocycles. The third-order valence-corrected chi connectivity index (χ3v) is 2.63. The van der Waals surface area contributed by atoms with E-state index in [0.717, 1.165) is 5.69 Å². The molecule has 2 aromatic rings. The number of hydrogen-bond acceptors (Lipinski definition) is 3. The molecule has 82 valence electrons. The molecule has 0 fully saturated rings. The molecule has 0 spiro atoms. The Balaban J connectivity index is 2.53. The fourth-order valence-electron chi connectivity index (χ4n) is 1.44. The number of nitrogens with one attached hydrogen (secondary N) is 1. The maximum Gasteiger partial charge on any atom is 0.140 e. The number of halogens is 1. The molecule has 2 rings (SSSR count). The van der Waals surface area contributed by atoms with Gasteiger partial charge < -0.3 is 5.41 Å². The van der Waals surface area contributed by atoms with Gasteiger partial charge in [-0.2, -0.15) is 5.10 Å². The first-order chi connectivity index (χ1) is 7.74. The van der Waals surface area contributed by atoms with Crippen molar-refractivity contribution in [1.82, 2.24) is 14.8 Å². The molecular formula is C11H11ClN4. The lowest BCUT2D eigenvalue weighted by molar-refractivity contribution is 0.778. The molecule has 0 radical (unpaired) electrons. The van der Waals surface area contributed by atoms with Gasteiger partial charge in [-0.05, 0) is 12.1 Å². The van der Waals surface area contributed by atoms with E-state index >= 15 is 0 Å². The van der Waals surface area contributed by atoms with Gasteiger partial charge >= 0.3 is 0 Å². The summed E-state index contributed by atoms with van der Waals surface area (Å²) in [6, 6.07) is 7.43. The van der Waals surface area contributed by atoms with Crippen molar-refractivity contribution in [3.63, 3.8) is 0 Å². The smallest absolute Gasteiger partial charge is 0.140 e. The van der Waals surface area contributed by atoms with E-state index in [1.807, 2.05) is 25.1 Å². The highest BCUT2D eigenvalue weighted by molar-refractivity contribution is 6.32. The zero-order valence-corrected chi connectivity index (χ0v) is 9.52. The van der Waals surface area contributed by atoms with E-state index in [1.165, 1.54) is 12.5 Å². The van der Waals surface area contributed by atoms with Crippen molar-refractivity contribution in [3.8, 4) is 5.69 Å². The largest absolute Gasteiger partial charge is 0.312 e. The average molecular weight is 235 g/mol. The molecule has 1 aromatic carbocycles. The van der Waals surface area contributed by atoms with Gasteiger partial charge in [0.2, 0.25) is 0 Å². The topological polar surface area (TPSA) is 54.6 Å². The van der Waals surface area contributed by atoms with Gasteiger partial charge in [0.1, 0.15) is 12.2 Å². The van der Waals surface area contributed by atoms with Crippen LogP contribution in [0.15, 0.2) is 30.6 Å². The third-order valence-electron chi connectivity index (χ3n) is 2.31. The van der Waals surface area contributed by atoms with Crippen LogP contribution in [0.25, 0.3) is 5.69 Å². The van der Waals surface area contributed by atoms with Crippen LogP contribution in [-0.4, -0.2) is 21.0 Å². The number of aromatic nitrogens is 3. The maximum absolute atomic E-state index is 7.26. The van der Waals surface area contributed by atoms with Crippen LogP contribution < -0.4 is 0 Å². The predicted octanol–water partition coefficient (Wildman–Crippen LogP) is 2.67. The molecule has 0 amide bonds. The van der Waals surface area contributed by atoms with Gasteiger partial charge in [-0.25, -0.2) is 9.67 Å². The lowest BCUT2D eigenvalue weighted by Crippen LogP contribution is -2.07. The summed E-state index contributed by atoms with van der Waals surface area (Å²) >= 11 is 6.09. The molecule has 16 heavy (non-hydrogen) atoms. The van der Waals surface area contributed by atoms with Crippen molar-refractivity contribution in [3.05, 3.63) is 41.4 Å². The Morgan fingerprint density at radius 3 is 2.88 bits per heavy atom. The van der Waals surface area contributed by atoms with E-state index in [1.54, 1.807) is 10.7 Å². The van der Waals surface area contributed by atoms with Crippen LogP contribution in [0.1, 0.15) is 18.7 Å². The highest BCUT2D eigenvalue weighted by atomic mass is 35.5. The van der Waals surface area contributed by atoms with Crippen molar-refractivity contribution in [1.29, 1.82) is 5.41 Å². The van der Waals surface area contributed by atoms with Crippen molar-refractivity contribution in [2.75, 3.05) is 0 Å². The lowest BCUT2D eigenvalue weighted by atomic mass is 10.2. The second-order valence-corrected chi connectivity index (χ2v) is 3.84. The van der Waals surface area contributed by atoms with Crippen LogP contribution in [0.5, 0.6) is 0 Å². The van der Waals surface area contributed by atoms with Crippen LogP contribution in [0.4, 0.5) is 0 Å². The second-order valence-electron chi connectivity index (χ2n) is 3.44. The summed E-state index contributed by atoms with van der Waals surface area (Å²) in [5.41, 5.74) is 0.783. The van der Waals surface area contributed by atoms with Gasteiger partial charge in [-0.3, -0.25) is 0 Å². The summed E-state index contributed by atoms with van der Waals surface area (Å²) in [7, 11) is 0. The minimum atomic E-state index is -0.0845. The van der Waals surface area contributed by atoms with Crippen molar-refractivity contribution in [2.45, 2.75) is 12.8 Å². The predicted molar refractivity (Wildman–Crippen MR) is 63.6 cm³/mol. The van der Waals surface area contributed by atoms with Crippen LogP contribution in [0.3, 0.4) is 0 Å². The third kappa shape index (κ3) is 1.84. The Kier molecular flexibility index (Phi) is 3.01.